The minimum absolute atomic E-state index is 0.0138. The maximum Gasteiger partial charge on any atom is 0.321 e. The normalized spacial score (nSPS) is 11.7. The predicted octanol–water partition coefficient (Wildman–Crippen LogP) is 3.12. The molecular formula is C13H18ClN3OS. The van der Waals surface area contributed by atoms with Gasteiger partial charge in [-0.1, -0.05) is 36.8 Å². The molecule has 0 heterocycles. The van der Waals surface area contributed by atoms with Crippen LogP contribution in [0.1, 0.15) is 13.8 Å². The SMILES string of the molecule is CCN(CC(C)C(N)=S)C(=O)Nc1cccc(Cl)c1. The zero-order valence-electron chi connectivity index (χ0n) is 11.0. The van der Waals surface area contributed by atoms with Crippen LogP contribution in [0.15, 0.2) is 24.3 Å². The van der Waals surface area contributed by atoms with E-state index in [1.54, 1.807) is 29.2 Å². The van der Waals surface area contributed by atoms with Crippen molar-refractivity contribution in [2.75, 3.05) is 18.4 Å². The summed E-state index contributed by atoms with van der Waals surface area (Å²) >= 11 is 10.8. The summed E-state index contributed by atoms with van der Waals surface area (Å²) in [6.45, 7) is 4.89. The van der Waals surface area contributed by atoms with Gasteiger partial charge in [0.05, 0.1) is 4.99 Å². The number of nitrogens with two attached hydrogens (primary N) is 1. The maximum atomic E-state index is 12.1. The molecule has 0 saturated carbocycles. The number of hydrogen-bond donors (Lipinski definition) is 2. The van der Waals surface area contributed by atoms with Crippen molar-refractivity contribution in [2.45, 2.75) is 13.8 Å². The van der Waals surface area contributed by atoms with E-state index in [9.17, 15) is 4.79 Å². The van der Waals surface area contributed by atoms with E-state index in [1.807, 2.05) is 13.8 Å². The number of halogens is 1. The van der Waals surface area contributed by atoms with Crippen molar-refractivity contribution in [1.82, 2.24) is 4.90 Å². The average molecular weight is 300 g/mol. The van der Waals surface area contributed by atoms with Gasteiger partial charge in [-0.2, -0.15) is 0 Å². The van der Waals surface area contributed by atoms with E-state index in [2.05, 4.69) is 5.32 Å². The van der Waals surface area contributed by atoms with Crippen LogP contribution in [0.2, 0.25) is 5.02 Å². The monoisotopic (exact) mass is 299 g/mol. The van der Waals surface area contributed by atoms with Crippen molar-refractivity contribution in [1.29, 1.82) is 0 Å². The third kappa shape index (κ3) is 5.04. The molecule has 3 N–H and O–H groups in total. The first kappa shape index (κ1) is 15.7. The number of nitrogens with zero attached hydrogens (tertiary/aromatic N) is 1. The number of amides is 2. The average Bonchev–Trinajstić information content (AvgIpc) is 2.35. The van der Waals surface area contributed by atoms with Crippen LogP contribution in [-0.2, 0) is 0 Å². The first-order valence-corrected chi connectivity index (χ1v) is 6.83. The maximum absolute atomic E-state index is 12.1. The van der Waals surface area contributed by atoms with Gasteiger partial charge in [-0.05, 0) is 25.1 Å². The molecule has 4 nitrogen and oxygen atoms in total. The van der Waals surface area contributed by atoms with Crippen LogP contribution in [0.3, 0.4) is 0 Å². The standard InChI is InChI=1S/C13H18ClN3OS/c1-3-17(8-9(2)12(15)19)13(18)16-11-6-4-5-10(14)7-11/h4-7,9H,3,8H2,1-2H3,(H2,15,19)(H,16,18). The summed E-state index contributed by atoms with van der Waals surface area (Å²) in [5.41, 5.74) is 6.23. The van der Waals surface area contributed by atoms with Gasteiger partial charge < -0.3 is 16.0 Å². The number of rotatable bonds is 5. The number of nitrogens with one attached hydrogen (secondary N) is 1. The van der Waals surface area contributed by atoms with Crippen molar-refractivity contribution >= 4 is 40.5 Å². The van der Waals surface area contributed by atoms with Gasteiger partial charge in [0.2, 0.25) is 0 Å². The second kappa shape index (κ2) is 7.31. The number of anilines is 1. The first-order chi connectivity index (χ1) is 8.93. The zero-order chi connectivity index (χ0) is 14.4. The zero-order valence-corrected chi connectivity index (χ0v) is 12.6. The Bertz CT molecular complexity index is 467. The number of hydrogen-bond acceptors (Lipinski definition) is 2. The lowest BCUT2D eigenvalue weighted by Gasteiger charge is -2.24. The Labute approximate surface area is 123 Å². The van der Waals surface area contributed by atoms with Crippen LogP contribution in [0, 0.1) is 5.92 Å². The number of urea groups is 1. The lowest BCUT2D eigenvalue weighted by Crippen LogP contribution is -2.40. The Hall–Kier alpha value is -1.33. The van der Waals surface area contributed by atoms with Crippen LogP contribution >= 0.6 is 23.8 Å². The summed E-state index contributed by atoms with van der Waals surface area (Å²) in [5, 5.41) is 3.38. The minimum Gasteiger partial charge on any atom is -0.393 e. The Morgan fingerprint density at radius 2 is 2.26 bits per heavy atom. The molecule has 104 valence electrons. The van der Waals surface area contributed by atoms with Crippen molar-refractivity contribution in [3.8, 4) is 0 Å². The highest BCUT2D eigenvalue weighted by atomic mass is 35.5. The van der Waals surface area contributed by atoms with Gasteiger partial charge in [-0.15, -0.1) is 0 Å². The van der Waals surface area contributed by atoms with Crippen LogP contribution in [0.5, 0.6) is 0 Å². The van der Waals surface area contributed by atoms with Gasteiger partial charge >= 0.3 is 6.03 Å². The van der Waals surface area contributed by atoms with E-state index >= 15 is 0 Å². The summed E-state index contributed by atoms with van der Waals surface area (Å²) in [6, 6.07) is 6.84. The molecule has 1 aromatic carbocycles. The molecular weight excluding hydrogens is 282 g/mol. The third-order valence-electron chi connectivity index (χ3n) is 2.72. The van der Waals surface area contributed by atoms with Gasteiger partial charge in [0.1, 0.15) is 0 Å². The van der Waals surface area contributed by atoms with Crippen molar-refractivity contribution in [3.05, 3.63) is 29.3 Å². The van der Waals surface area contributed by atoms with Crippen LogP contribution < -0.4 is 11.1 Å². The summed E-state index contributed by atoms with van der Waals surface area (Å²) in [4.78, 5) is 14.2. The molecule has 2 amide bonds. The Kier molecular flexibility index (Phi) is 6.05. The van der Waals surface area contributed by atoms with E-state index in [1.165, 1.54) is 0 Å². The van der Waals surface area contributed by atoms with E-state index in [0.717, 1.165) is 0 Å². The highest BCUT2D eigenvalue weighted by Crippen LogP contribution is 2.15. The summed E-state index contributed by atoms with van der Waals surface area (Å²) in [6.07, 6.45) is 0. The molecule has 0 aliphatic heterocycles. The predicted molar refractivity (Wildman–Crippen MR) is 83.7 cm³/mol. The van der Waals surface area contributed by atoms with E-state index < -0.39 is 0 Å². The molecule has 1 atom stereocenters. The van der Waals surface area contributed by atoms with E-state index in [4.69, 9.17) is 29.6 Å². The fourth-order valence-corrected chi connectivity index (χ4v) is 1.81. The molecule has 1 aromatic rings. The van der Waals surface area contributed by atoms with Gasteiger partial charge in [-0.25, -0.2) is 4.79 Å². The molecule has 6 heteroatoms. The molecule has 0 fully saturated rings. The largest absolute Gasteiger partial charge is 0.393 e. The molecule has 0 saturated heterocycles. The molecule has 1 rings (SSSR count). The fraction of sp³-hybridized carbons (Fsp3) is 0.385. The van der Waals surface area contributed by atoms with Gasteiger partial charge in [0, 0.05) is 29.7 Å². The first-order valence-electron chi connectivity index (χ1n) is 6.04. The highest BCUT2D eigenvalue weighted by Gasteiger charge is 2.16. The Morgan fingerprint density at radius 3 is 2.79 bits per heavy atom. The number of carbonyl (C=O) groups is 1. The van der Waals surface area contributed by atoms with E-state index in [0.29, 0.717) is 28.8 Å². The molecule has 0 aromatic heterocycles. The van der Waals surface area contributed by atoms with Gasteiger partial charge in [0.25, 0.3) is 0 Å². The molecule has 0 spiro atoms. The minimum atomic E-state index is -0.187. The fourth-order valence-electron chi connectivity index (χ4n) is 1.54. The van der Waals surface area contributed by atoms with Crippen molar-refractivity contribution in [2.24, 2.45) is 11.7 Å². The lowest BCUT2D eigenvalue weighted by atomic mass is 10.1. The molecule has 1 unspecified atom stereocenters. The van der Waals surface area contributed by atoms with Crippen LogP contribution in [0.25, 0.3) is 0 Å². The summed E-state index contributed by atoms with van der Waals surface area (Å²) in [7, 11) is 0. The number of thiocarbonyl (C=S) groups is 1. The van der Waals surface area contributed by atoms with Crippen molar-refractivity contribution < 1.29 is 4.79 Å². The smallest absolute Gasteiger partial charge is 0.321 e. The van der Waals surface area contributed by atoms with E-state index in [-0.39, 0.29) is 11.9 Å². The third-order valence-corrected chi connectivity index (χ3v) is 3.36. The van der Waals surface area contributed by atoms with Crippen LogP contribution in [-0.4, -0.2) is 29.0 Å². The Balaban J connectivity index is 2.66. The highest BCUT2D eigenvalue weighted by molar-refractivity contribution is 7.80. The summed E-state index contributed by atoms with van der Waals surface area (Å²) < 4.78 is 0. The number of benzene rings is 1. The second-order valence-corrected chi connectivity index (χ2v) is 5.19. The topological polar surface area (TPSA) is 58.4 Å². The second-order valence-electron chi connectivity index (χ2n) is 4.28. The quantitative estimate of drug-likeness (QED) is 0.821. The van der Waals surface area contributed by atoms with Crippen LogP contribution in [0.4, 0.5) is 10.5 Å². The lowest BCUT2D eigenvalue weighted by molar-refractivity contribution is 0.211. The molecule has 0 radical (unpaired) electrons. The Morgan fingerprint density at radius 1 is 1.58 bits per heavy atom. The number of carbonyl (C=O) groups excluding carboxylic acids is 1. The molecule has 0 aliphatic carbocycles. The molecule has 19 heavy (non-hydrogen) atoms. The van der Waals surface area contributed by atoms with Gasteiger partial charge in [0.15, 0.2) is 0 Å². The van der Waals surface area contributed by atoms with Gasteiger partial charge in [-0.3, -0.25) is 0 Å². The molecule has 0 aliphatic rings. The summed E-state index contributed by atoms with van der Waals surface area (Å²) in [5.74, 6) is -0.0138. The van der Waals surface area contributed by atoms with Crippen molar-refractivity contribution in [3.63, 3.8) is 0 Å². The molecule has 0 bridgehead atoms.